The molecule has 30 heavy (non-hydrogen) atoms. The summed E-state index contributed by atoms with van der Waals surface area (Å²) < 4.78 is 14.7. The predicted octanol–water partition coefficient (Wildman–Crippen LogP) is 3.20. The van der Waals surface area contributed by atoms with Crippen molar-refractivity contribution in [1.29, 1.82) is 0 Å². The normalized spacial score (nSPS) is 22.7. The Balaban J connectivity index is 1.56. The molecule has 0 radical (unpaired) electrons. The van der Waals surface area contributed by atoms with E-state index >= 15 is 0 Å². The third-order valence-corrected chi connectivity index (χ3v) is 6.07. The van der Waals surface area contributed by atoms with Gasteiger partial charge in [0, 0.05) is 42.1 Å². The number of hydrogen-bond donors (Lipinski definition) is 5. The number of halogens is 1. The van der Waals surface area contributed by atoms with Gasteiger partial charge in [-0.25, -0.2) is 9.37 Å². The van der Waals surface area contributed by atoms with Gasteiger partial charge in [-0.1, -0.05) is 12.8 Å². The quantitative estimate of drug-likeness (QED) is 0.462. The Morgan fingerprint density at radius 2 is 1.77 bits per heavy atom. The van der Waals surface area contributed by atoms with Gasteiger partial charge in [0.05, 0.1) is 0 Å². The molecule has 0 bridgehead atoms. The molecule has 1 aliphatic carbocycles. The molecule has 1 aromatic carbocycles. The molecule has 2 aliphatic rings. The van der Waals surface area contributed by atoms with Crippen LogP contribution in [0.5, 0.6) is 0 Å². The van der Waals surface area contributed by atoms with E-state index in [0.29, 0.717) is 5.82 Å². The first-order valence-electron chi connectivity index (χ1n) is 10.8. The van der Waals surface area contributed by atoms with Gasteiger partial charge in [-0.15, -0.1) is 0 Å². The molecule has 1 unspecified atom stereocenters. The van der Waals surface area contributed by atoms with Crippen LogP contribution in [0.15, 0.2) is 30.3 Å². The van der Waals surface area contributed by atoms with Gasteiger partial charge in [0.25, 0.3) is 0 Å². The topological polar surface area (TPSA) is 112 Å². The van der Waals surface area contributed by atoms with Gasteiger partial charge in [-0.05, 0) is 56.0 Å². The number of pyridine rings is 1. The summed E-state index contributed by atoms with van der Waals surface area (Å²) in [4.78, 5) is 6.77. The van der Waals surface area contributed by atoms with Crippen molar-refractivity contribution in [1.82, 2.24) is 4.98 Å². The van der Waals surface area contributed by atoms with Crippen LogP contribution < -0.4 is 27.0 Å². The Kier molecular flexibility index (Phi) is 6.36. The molecular formula is C22H31FN6O. The van der Waals surface area contributed by atoms with Crippen LogP contribution >= 0.6 is 0 Å². The van der Waals surface area contributed by atoms with Crippen LogP contribution in [0.1, 0.15) is 50.3 Å². The highest BCUT2D eigenvalue weighted by Crippen LogP contribution is 2.30. The first kappa shape index (κ1) is 20.8. The van der Waals surface area contributed by atoms with Crippen molar-refractivity contribution >= 4 is 23.0 Å². The summed E-state index contributed by atoms with van der Waals surface area (Å²) in [5, 5.41) is 16.3. The number of aliphatic hydroxyl groups excluding tert-OH is 1. The molecule has 0 amide bonds. The van der Waals surface area contributed by atoms with Crippen molar-refractivity contribution in [2.75, 3.05) is 28.6 Å². The van der Waals surface area contributed by atoms with E-state index < -0.39 is 12.0 Å². The molecule has 2 fully saturated rings. The fourth-order valence-corrected chi connectivity index (χ4v) is 4.31. The van der Waals surface area contributed by atoms with Gasteiger partial charge in [-0.3, -0.25) is 0 Å². The maximum atomic E-state index is 14.7. The molecule has 7 N–H and O–H groups in total. The van der Waals surface area contributed by atoms with Crippen LogP contribution in [0.2, 0.25) is 0 Å². The molecule has 4 rings (SSSR count). The summed E-state index contributed by atoms with van der Waals surface area (Å²) in [5.41, 5.74) is 14.0. The standard InChI is InChI=1S/C22H31FN6O/c23-17-13-16(20(25)30)21(28-22(17)27-19-6-2-1-5-18(19)24)26-14-7-9-15(10-8-14)29-11-3-4-12-29/h7-10,13,18-20,30H,1-6,11-12,24-25H2,(H2,26,27,28)/t18-,19+,20?/m0/s1. The summed E-state index contributed by atoms with van der Waals surface area (Å²) in [5.74, 6) is -0.104. The predicted molar refractivity (Wildman–Crippen MR) is 118 cm³/mol. The largest absolute Gasteiger partial charge is 0.374 e. The smallest absolute Gasteiger partial charge is 0.166 e. The zero-order chi connectivity index (χ0) is 21.1. The van der Waals surface area contributed by atoms with Crippen LogP contribution in [0.3, 0.4) is 0 Å². The molecule has 1 saturated carbocycles. The molecule has 7 nitrogen and oxygen atoms in total. The summed E-state index contributed by atoms with van der Waals surface area (Å²) in [7, 11) is 0. The maximum absolute atomic E-state index is 14.7. The second kappa shape index (κ2) is 9.16. The minimum absolute atomic E-state index is 0.0259. The van der Waals surface area contributed by atoms with E-state index in [1.54, 1.807) is 0 Å². The first-order chi connectivity index (χ1) is 14.5. The molecule has 1 saturated heterocycles. The summed E-state index contributed by atoms with van der Waals surface area (Å²) in [6.45, 7) is 2.16. The molecule has 1 aliphatic heterocycles. The monoisotopic (exact) mass is 414 g/mol. The van der Waals surface area contributed by atoms with Gasteiger partial charge in [0.1, 0.15) is 12.0 Å². The van der Waals surface area contributed by atoms with E-state index in [1.165, 1.54) is 24.6 Å². The van der Waals surface area contributed by atoms with Crippen LogP contribution in [-0.2, 0) is 0 Å². The Bertz CT molecular complexity index is 853. The van der Waals surface area contributed by atoms with Crippen molar-refractivity contribution in [3.05, 3.63) is 41.7 Å². The van der Waals surface area contributed by atoms with Crippen LogP contribution in [0, 0.1) is 5.82 Å². The Hall–Kier alpha value is -2.42. The highest BCUT2D eigenvalue weighted by molar-refractivity contribution is 5.65. The van der Waals surface area contributed by atoms with Gasteiger partial charge in [0.15, 0.2) is 11.6 Å². The number of aliphatic hydroxyl groups is 1. The lowest BCUT2D eigenvalue weighted by molar-refractivity contribution is 0.186. The Morgan fingerprint density at radius 1 is 1.07 bits per heavy atom. The molecule has 8 heteroatoms. The molecule has 162 valence electrons. The van der Waals surface area contributed by atoms with Crippen LogP contribution in [0.25, 0.3) is 0 Å². The minimum atomic E-state index is -1.34. The first-order valence-corrected chi connectivity index (χ1v) is 10.8. The molecular weight excluding hydrogens is 383 g/mol. The lowest BCUT2D eigenvalue weighted by Crippen LogP contribution is -2.43. The molecule has 2 aromatic rings. The fraction of sp³-hybridized carbons (Fsp3) is 0.500. The van der Waals surface area contributed by atoms with Crippen molar-refractivity contribution in [3.8, 4) is 0 Å². The van der Waals surface area contributed by atoms with E-state index in [9.17, 15) is 9.50 Å². The number of hydrogen-bond acceptors (Lipinski definition) is 7. The maximum Gasteiger partial charge on any atom is 0.166 e. The van der Waals surface area contributed by atoms with Gasteiger partial charge >= 0.3 is 0 Å². The Labute approximate surface area is 176 Å². The van der Waals surface area contributed by atoms with Crippen molar-refractivity contribution in [2.45, 2.75) is 56.8 Å². The van der Waals surface area contributed by atoms with E-state index in [4.69, 9.17) is 11.5 Å². The lowest BCUT2D eigenvalue weighted by atomic mass is 9.91. The van der Waals surface area contributed by atoms with Crippen LogP contribution in [0.4, 0.5) is 27.4 Å². The van der Waals surface area contributed by atoms with Gasteiger partial charge < -0.3 is 32.1 Å². The molecule has 2 heterocycles. The highest BCUT2D eigenvalue weighted by Gasteiger charge is 2.24. The third-order valence-electron chi connectivity index (χ3n) is 6.07. The Morgan fingerprint density at radius 3 is 2.43 bits per heavy atom. The number of nitrogens with one attached hydrogen (secondary N) is 2. The number of benzene rings is 1. The van der Waals surface area contributed by atoms with E-state index in [-0.39, 0.29) is 23.5 Å². The fourth-order valence-electron chi connectivity index (χ4n) is 4.31. The summed E-state index contributed by atoms with van der Waals surface area (Å²) in [6, 6.07) is 9.18. The molecule has 3 atom stereocenters. The van der Waals surface area contributed by atoms with E-state index in [2.05, 4.69) is 32.7 Å². The molecule has 1 aromatic heterocycles. The van der Waals surface area contributed by atoms with E-state index in [1.807, 2.05) is 12.1 Å². The van der Waals surface area contributed by atoms with Crippen LogP contribution in [-0.4, -0.2) is 35.3 Å². The van der Waals surface area contributed by atoms with Crippen molar-refractivity contribution in [3.63, 3.8) is 0 Å². The average Bonchev–Trinajstić information content (AvgIpc) is 3.27. The number of rotatable bonds is 6. The zero-order valence-corrected chi connectivity index (χ0v) is 17.1. The SMILES string of the molecule is NC(O)c1cc(F)c(N[C@@H]2CCCC[C@@H]2N)nc1Nc1ccc(N2CCCC2)cc1. The summed E-state index contributed by atoms with van der Waals surface area (Å²) >= 11 is 0. The third kappa shape index (κ3) is 4.66. The second-order valence-electron chi connectivity index (χ2n) is 8.27. The van der Waals surface area contributed by atoms with Gasteiger partial charge in [-0.2, -0.15) is 0 Å². The zero-order valence-electron chi connectivity index (χ0n) is 17.1. The summed E-state index contributed by atoms with van der Waals surface area (Å²) in [6.07, 6.45) is 5.03. The lowest BCUT2D eigenvalue weighted by Gasteiger charge is -2.30. The number of nitrogens with zero attached hydrogens (tertiary/aromatic N) is 2. The number of aromatic nitrogens is 1. The highest BCUT2D eigenvalue weighted by atomic mass is 19.1. The average molecular weight is 415 g/mol. The molecule has 0 spiro atoms. The van der Waals surface area contributed by atoms with E-state index in [0.717, 1.165) is 44.5 Å². The number of anilines is 4. The number of nitrogens with two attached hydrogens (primary N) is 2. The van der Waals surface area contributed by atoms with Gasteiger partial charge in [0.2, 0.25) is 0 Å². The van der Waals surface area contributed by atoms with Crippen molar-refractivity contribution < 1.29 is 9.50 Å². The minimum Gasteiger partial charge on any atom is -0.374 e. The van der Waals surface area contributed by atoms with Crippen molar-refractivity contribution in [2.24, 2.45) is 11.5 Å². The second-order valence-corrected chi connectivity index (χ2v) is 8.27.